The van der Waals surface area contributed by atoms with Gasteiger partial charge in [0.1, 0.15) is 0 Å². The lowest BCUT2D eigenvalue weighted by Gasteiger charge is -2.20. The van der Waals surface area contributed by atoms with Crippen molar-refractivity contribution >= 4 is 23.8 Å². The van der Waals surface area contributed by atoms with Crippen molar-refractivity contribution in [3.63, 3.8) is 0 Å². The van der Waals surface area contributed by atoms with Gasteiger partial charge in [-0.3, -0.25) is 16.5 Å². The minimum Gasteiger partial charge on any atom is -0.354 e. The lowest BCUT2D eigenvalue weighted by Crippen LogP contribution is -2.76. The van der Waals surface area contributed by atoms with Gasteiger partial charge in [0.05, 0.1) is 6.54 Å². The van der Waals surface area contributed by atoms with Crippen LogP contribution in [0.15, 0.2) is 24.3 Å². The summed E-state index contributed by atoms with van der Waals surface area (Å²) in [7, 11) is 0. The molecule has 0 fully saturated rings. The SMILES string of the molecule is CCCCCCCCCCCCNc1nc(NCc2cccc(C[NH+]=C(N)N)c2)nc(N(CC)CC)n1. The molecule has 7 N–H and O–H groups in total. The predicted molar refractivity (Wildman–Crippen MR) is 156 cm³/mol. The summed E-state index contributed by atoms with van der Waals surface area (Å²) in [5.74, 6) is 2.11. The van der Waals surface area contributed by atoms with E-state index in [0.717, 1.165) is 37.2 Å². The Bertz CT molecular complexity index is 908. The summed E-state index contributed by atoms with van der Waals surface area (Å²) >= 11 is 0. The maximum atomic E-state index is 5.52. The Morgan fingerprint density at radius 3 is 2.00 bits per heavy atom. The van der Waals surface area contributed by atoms with Crippen LogP contribution in [0.2, 0.25) is 0 Å². The zero-order valence-electron chi connectivity index (χ0n) is 23.4. The second kappa shape index (κ2) is 18.2. The fourth-order valence-corrected chi connectivity index (χ4v) is 4.22. The molecular weight excluding hydrogens is 462 g/mol. The third-order valence-electron chi connectivity index (χ3n) is 6.42. The fraction of sp³-hybridized carbons (Fsp3) is 0.643. The maximum Gasteiger partial charge on any atom is 0.339 e. The van der Waals surface area contributed by atoms with Crippen molar-refractivity contribution in [3.8, 4) is 0 Å². The van der Waals surface area contributed by atoms with Crippen LogP contribution < -0.4 is 32.0 Å². The summed E-state index contributed by atoms with van der Waals surface area (Å²) in [5, 5.41) is 6.80. The number of hydrogen-bond donors (Lipinski definition) is 5. The fourth-order valence-electron chi connectivity index (χ4n) is 4.22. The third-order valence-corrected chi connectivity index (χ3v) is 6.42. The van der Waals surface area contributed by atoms with Gasteiger partial charge < -0.3 is 15.5 Å². The van der Waals surface area contributed by atoms with E-state index in [0.29, 0.717) is 30.9 Å². The quantitative estimate of drug-likeness (QED) is 0.103. The Labute approximate surface area is 224 Å². The van der Waals surface area contributed by atoms with Gasteiger partial charge in [-0.2, -0.15) is 15.0 Å². The molecule has 0 saturated heterocycles. The summed E-state index contributed by atoms with van der Waals surface area (Å²) in [6.07, 6.45) is 13.2. The zero-order valence-corrected chi connectivity index (χ0v) is 23.4. The first-order valence-corrected chi connectivity index (χ1v) is 14.2. The summed E-state index contributed by atoms with van der Waals surface area (Å²) in [4.78, 5) is 19.1. The average Bonchev–Trinajstić information content (AvgIpc) is 2.90. The average molecular weight is 513 g/mol. The molecule has 0 spiro atoms. The van der Waals surface area contributed by atoms with Crippen molar-refractivity contribution in [2.75, 3.05) is 35.2 Å². The summed E-state index contributed by atoms with van der Waals surface area (Å²) < 4.78 is 0. The van der Waals surface area contributed by atoms with E-state index < -0.39 is 0 Å². The van der Waals surface area contributed by atoms with E-state index in [4.69, 9.17) is 11.5 Å². The van der Waals surface area contributed by atoms with Gasteiger partial charge in [-0.15, -0.1) is 0 Å². The summed E-state index contributed by atoms with van der Waals surface area (Å²) in [6, 6.07) is 8.24. The highest BCUT2D eigenvalue weighted by Crippen LogP contribution is 2.16. The van der Waals surface area contributed by atoms with E-state index in [1.807, 2.05) is 12.1 Å². The molecule has 0 amide bonds. The van der Waals surface area contributed by atoms with Crippen LogP contribution in [0.1, 0.15) is 96.1 Å². The molecule has 206 valence electrons. The topological polar surface area (TPSA) is 132 Å². The standard InChI is InChI=1S/C28H49N9/c1-4-7-8-9-10-11-12-13-14-15-19-31-26-34-27(36-28(35-26)37(5-2)6-3)33-22-24-18-16-17-23(20-24)21-32-25(29)30/h16-18,20H,4-15,19,21-22H2,1-3H3,(H4,29,30,32)(H2,31,33,34,35,36)/p+1. The molecule has 2 aromatic rings. The van der Waals surface area contributed by atoms with Gasteiger partial charge in [-0.1, -0.05) is 89.0 Å². The number of unbranched alkanes of at least 4 members (excludes halogenated alkanes) is 9. The van der Waals surface area contributed by atoms with Crippen LogP contribution in [-0.2, 0) is 13.1 Å². The smallest absolute Gasteiger partial charge is 0.339 e. The lowest BCUT2D eigenvalue weighted by atomic mass is 10.1. The van der Waals surface area contributed by atoms with Gasteiger partial charge in [0.2, 0.25) is 17.8 Å². The van der Waals surface area contributed by atoms with Gasteiger partial charge in [0, 0.05) is 26.2 Å². The predicted octanol–water partition coefficient (Wildman–Crippen LogP) is 3.52. The number of nitrogens with two attached hydrogens (primary N) is 2. The van der Waals surface area contributed by atoms with E-state index in [-0.39, 0.29) is 5.96 Å². The largest absolute Gasteiger partial charge is 0.354 e. The van der Waals surface area contributed by atoms with Gasteiger partial charge in [-0.25, -0.2) is 0 Å². The molecule has 0 radical (unpaired) electrons. The van der Waals surface area contributed by atoms with Crippen molar-refractivity contribution in [1.29, 1.82) is 0 Å². The molecule has 37 heavy (non-hydrogen) atoms. The number of anilines is 3. The first-order valence-electron chi connectivity index (χ1n) is 14.2. The number of nitrogens with one attached hydrogen (secondary N) is 3. The van der Waals surface area contributed by atoms with E-state index in [1.165, 1.54) is 57.8 Å². The molecule has 1 heterocycles. The molecule has 0 saturated carbocycles. The third kappa shape index (κ3) is 12.6. The first-order chi connectivity index (χ1) is 18.0. The highest BCUT2D eigenvalue weighted by Gasteiger charge is 2.11. The highest BCUT2D eigenvalue weighted by atomic mass is 15.3. The van der Waals surface area contributed by atoms with Gasteiger partial charge >= 0.3 is 5.96 Å². The van der Waals surface area contributed by atoms with Crippen molar-refractivity contribution in [1.82, 2.24) is 15.0 Å². The van der Waals surface area contributed by atoms with Gasteiger partial charge in [0.25, 0.3) is 0 Å². The Balaban J connectivity index is 1.87. The summed E-state index contributed by atoms with van der Waals surface area (Å²) in [6.45, 7) is 10.2. The van der Waals surface area contributed by atoms with Crippen LogP contribution in [0.5, 0.6) is 0 Å². The van der Waals surface area contributed by atoms with Crippen molar-refractivity contribution in [3.05, 3.63) is 35.4 Å². The minimum atomic E-state index is 0.218. The monoisotopic (exact) mass is 512 g/mol. The molecule has 1 aromatic heterocycles. The van der Waals surface area contributed by atoms with E-state index in [2.05, 4.69) is 68.4 Å². The Morgan fingerprint density at radius 2 is 1.38 bits per heavy atom. The normalized spacial score (nSPS) is 10.8. The molecular formula is C28H50N9+. The molecule has 1 aromatic carbocycles. The van der Waals surface area contributed by atoms with Crippen LogP contribution in [0.4, 0.5) is 17.8 Å². The van der Waals surface area contributed by atoms with Crippen molar-refractivity contribution in [2.45, 2.75) is 98.1 Å². The Morgan fingerprint density at radius 1 is 0.784 bits per heavy atom. The number of aromatic nitrogens is 3. The minimum absolute atomic E-state index is 0.218. The Kier molecular flexibility index (Phi) is 14.8. The summed E-state index contributed by atoms with van der Waals surface area (Å²) in [5.41, 5.74) is 13.3. The van der Waals surface area contributed by atoms with Crippen LogP contribution in [-0.4, -0.2) is 40.5 Å². The molecule has 0 bridgehead atoms. The molecule has 9 heteroatoms. The highest BCUT2D eigenvalue weighted by molar-refractivity contribution is 5.69. The number of nitrogens with zero attached hydrogens (tertiary/aromatic N) is 4. The van der Waals surface area contributed by atoms with E-state index >= 15 is 0 Å². The van der Waals surface area contributed by atoms with Crippen molar-refractivity contribution in [2.24, 2.45) is 11.5 Å². The van der Waals surface area contributed by atoms with Crippen LogP contribution in [0, 0.1) is 0 Å². The van der Waals surface area contributed by atoms with Crippen LogP contribution >= 0.6 is 0 Å². The molecule has 0 aliphatic heterocycles. The molecule has 0 unspecified atom stereocenters. The number of hydrogen-bond acceptors (Lipinski definition) is 6. The van der Waals surface area contributed by atoms with Crippen LogP contribution in [0.3, 0.4) is 0 Å². The molecule has 0 aliphatic carbocycles. The van der Waals surface area contributed by atoms with Crippen molar-refractivity contribution < 1.29 is 4.99 Å². The van der Waals surface area contributed by atoms with E-state index in [1.54, 1.807) is 0 Å². The Hall–Kier alpha value is -3.10. The molecule has 2 rings (SSSR count). The van der Waals surface area contributed by atoms with Gasteiger partial charge in [-0.05, 0) is 31.4 Å². The zero-order chi connectivity index (χ0) is 26.7. The van der Waals surface area contributed by atoms with Gasteiger partial charge in [0.15, 0.2) is 0 Å². The number of benzene rings is 1. The lowest BCUT2D eigenvalue weighted by molar-refractivity contribution is -0.477. The maximum absolute atomic E-state index is 5.52. The van der Waals surface area contributed by atoms with E-state index in [9.17, 15) is 0 Å². The van der Waals surface area contributed by atoms with Crippen LogP contribution in [0.25, 0.3) is 0 Å². The molecule has 0 atom stereocenters. The molecule has 0 aliphatic rings. The second-order valence-electron chi connectivity index (χ2n) is 9.55. The number of rotatable bonds is 20. The first kappa shape index (κ1) is 30.1. The number of guanidine groups is 1. The molecule has 9 nitrogen and oxygen atoms in total. The second-order valence-corrected chi connectivity index (χ2v) is 9.55.